The van der Waals surface area contributed by atoms with Crippen molar-refractivity contribution < 1.29 is 23.8 Å². The molecular formula is C30H32N2O5. The molecule has 7 heteroatoms. The Balaban J connectivity index is 1.75. The summed E-state index contributed by atoms with van der Waals surface area (Å²) in [7, 11) is 6.57. The molecular weight excluding hydrogens is 468 g/mol. The number of ether oxygens (including phenoxy) is 4. The summed E-state index contributed by atoms with van der Waals surface area (Å²) in [4.78, 5) is 5.74. The minimum absolute atomic E-state index is 0.308. The van der Waals surface area contributed by atoms with E-state index in [1.807, 2.05) is 73.7 Å². The highest BCUT2D eigenvalue weighted by atomic mass is 16.6. The molecule has 0 saturated heterocycles. The van der Waals surface area contributed by atoms with Crippen molar-refractivity contribution in [1.82, 2.24) is 4.57 Å². The molecule has 3 aromatic carbocycles. The first-order chi connectivity index (χ1) is 18.0. The van der Waals surface area contributed by atoms with Crippen molar-refractivity contribution in [2.24, 2.45) is 5.16 Å². The molecule has 1 heterocycles. The molecule has 192 valence electrons. The van der Waals surface area contributed by atoms with E-state index in [9.17, 15) is 0 Å². The molecule has 0 saturated carbocycles. The smallest absolute Gasteiger partial charge is 0.162 e. The Labute approximate surface area is 217 Å². The zero-order valence-electron chi connectivity index (χ0n) is 22.1. The number of hydrogen-bond acceptors (Lipinski definition) is 6. The predicted octanol–water partition coefficient (Wildman–Crippen LogP) is 6.43. The van der Waals surface area contributed by atoms with Crippen molar-refractivity contribution >= 4 is 5.71 Å². The van der Waals surface area contributed by atoms with Crippen LogP contribution in [-0.2, 0) is 11.4 Å². The lowest BCUT2D eigenvalue weighted by Crippen LogP contribution is -2.03. The Bertz CT molecular complexity index is 1390. The third kappa shape index (κ3) is 5.40. The van der Waals surface area contributed by atoms with Crippen LogP contribution in [0.3, 0.4) is 0 Å². The van der Waals surface area contributed by atoms with Crippen LogP contribution in [0.4, 0.5) is 0 Å². The van der Waals surface area contributed by atoms with Crippen molar-refractivity contribution in [3.63, 3.8) is 0 Å². The van der Waals surface area contributed by atoms with Gasteiger partial charge in [-0.1, -0.05) is 23.4 Å². The molecule has 0 spiro atoms. The van der Waals surface area contributed by atoms with Gasteiger partial charge in [0, 0.05) is 28.6 Å². The SMILES string of the molecule is COc1ccc(-c2cc(C(C)=NOCc3ccccc3OC)c(C)n2-c2ccc(OC)c(OC)c2)cc1. The fourth-order valence-corrected chi connectivity index (χ4v) is 4.31. The van der Waals surface area contributed by atoms with E-state index >= 15 is 0 Å². The number of oxime groups is 1. The van der Waals surface area contributed by atoms with Gasteiger partial charge in [-0.3, -0.25) is 0 Å². The normalized spacial score (nSPS) is 11.2. The van der Waals surface area contributed by atoms with Gasteiger partial charge in [-0.15, -0.1) is 0 Å². The van der Waals surface area contributed by atoms with Crippen LogP contribution >= 0.6 is 0 Å². The van der Waals surface area contributed by atoms with Gasteiger partial charge in [0.05, 0.1) is 39.8 Å². The minimum Gasteiger partial charge on any atom is -0.497 e. The summed E-state index contributed by atoms with van der Waals surface area (Å²) in [5.41, 5.74) is 6.66. The quantitative estimate of drug-likeness (QED) is 0.186. The summed E-state index contributed by atoms with van der Waals surface area (Å²) in [5, 5.41) is 4.44. The zero-order chi connectivity index (χ0) is 26.4. The number of methoxy groups -OCH3 is 4. The number of aromatic nitrogens is 1. The highest BCUT2D eigenvalue weighted by molar-refractivity contribution is 6.01. The maximum absolute atomic E-state index is 5.74. The van der Waals surface area contributed by atoms with Crippen LogP contribution in [0.5, 0.6) is 23.0 Å². The summed E-state index contributed by atoms with van der Waals surface area (Å²) < 4.78 is 24.0. The fraction of sp³-hybridized carbons (Fsp3) is 0.233. The van der Waals surface area contributed by atoms with E-state index in [0.29, 0.717) is 18.1 Å². The number of nitrogens with zero attached hydrogens (tertiary/aromatic N) is 2. The van der Waals surface area contributed by atoms with Crippen LogP contribution in [0.15, 0.2) is 78.0 Å². The highest BCUT2D eigenvalue weighted by Gasteiger charge is 2.19. The third-order valence-electron chi connectivity index (χ3n) is 6.26. The largest absolute Gasteiger partial charge is 0.497 e. The van der Waals surface area contributed by atoms with Gasteiger partial charge < -0.3 is 28.4 Å². The standard InChI is InChI=1S/C30H32N2O5/c1-20(31-37-19-23-9-7-8-10-28(23)34-4)26-18-27(22-11-14-25(33-3)15-12-22)32(21(26)2)24-13-16-29(35-5)30(17-24)36-6/h7-18H,19H2,1-6H3. The average molecular weight is 501 g/mol. The average Bonchev–Trinajstić information content (AvgIpc) is 3.29. The van der Waals surface area contributed by atoms with E-state index in [0.717, 1.165) is 51.0 Å². The molecule has 0 unspecified atom stereocenters. The Kier molecular flexibility index (Phi) is 8.03. The molecule has 0 bridgehead atoms. The second kappa shape index (κ2) is 11.6. The molecule has 0 amide bonds. The Morgan fingerprint density at radius 2 is 1.46 bits per heavy atom. The first kappa shape index (κ1) is 25.7. The van der Waals surface area contributed by atoms with E-state index < -0.39 is 0 Å². The van der Waals surface area contributed by atoms with E-state index in [2.05, 4.69) is 22.7 Å². The van der Waals surface area contributed by atoms with Crippen molar-refractivity contribution in [3.05, 3.63) is 89.6 Å². The van der Waals surface area contributed by atoms with Gasteiger partial charge in [-0.05, 0) is 67.9 Å². The summed E-state index contributed by atoms with van der Waals surface area (Å²) in [5.74, 6) is 2.89. The molecule has 7 nitrogen and oxygen atoms in total. The molecule has 0 aliphatic rings. The molecule has 0 radical (unpaired) electrons. The maximum atomic E-state index is 5.74. The predicted molar refractivity (Wildman–Crippen MR) is 146 cm³/mol. The summed E-state index contributed by atoms with van der Waals surface area (Å²) in [6, 6.07) is 23.7. The van der Waals surface area contributed by atoms with Gasteiger partial charge in [-0.25, -0.2) is 0 Å². The van der Waals surface area contributed by atoms with Gasteiger partial charge in [0.15, 0.2) is 11.5 Å². The lowest BCUT2D eigenvalue weighted by molar-refractivity contribution is 0.128. The van der Waals surface area contributed by atoms with Crippen LogP contribution < -0.4 is 18.9 Å². The van der Waals surface area contributed by atoms with E-state index in [4.69, 9.17) is 23.8 Å². The van der Waals surface area contributed by atoms with E-state index in [1.165, 1.54) is 0 Å². The molecule has 4 rings (SSSR count). The second-order valence-corrected chi connectivity index (χ2v) is 8.39. The highest BCUT2D eigenvalue weighted by Crippen LogP contribution is 2.35. The number of para-hydroxylation sites is 1. The van der Waals surface area contributed by atoms with Crippen molar-refractivity contribution in [1.29, 1.82) is 0 Å². The van der Waals surface area contributed by atoms with Crippen molar-refractivity contribution in [2.75, 3.05) is 28.4 Å². The lowest BCUT2D eigenvalue weighted by Gasteiger charge is -2.15. The summed E-state index contributed by atoms with van der Waals surface area (Å²) >= 11 is 0. The van der Waals surface area contributed by atoms with Crippen LogP contribution in [0, 0.1) is 6.92 Å². The lowest BCUT2D eigenvalue weighted by atomic mass is 10.1. The van der Waals surface area contributed by atoms with Gasteiger partial charge in [0.25, 0.3) is 0 Å². The molecule has 0 fully saturated rings. The van der Waals surface area contributed by atoms with Crippen LogP contribution in [-0.4, -0.2) is 38.7 Å². The molecule has 4 aromatic rings. The van der Waals surface area contributed by atoms with E-state index in [-0.39, 0.29) is 0 Å². The van der Waals surface area contributed by atoms with Gasteiger partial charge in [0.1, 0.15) is 18.1 Å². The Morgan fingerprint density at radius 3 is 2.14 bits per heavy atom. The minimum atomic E-state index is 0.308. The molecule has 0 atom stereocenters. The number of hydrogen-bond donors (Lipinski definition) is 0. The number of rotatable bonds is 10. The molecule has 0 N–H and O–H groups in total. The first-order valence-corrected chi connectivity index (χ1v) is 11.9. The monoisotopic (exact) mass is 500 g/mol. The Morgan fingerprint density at radius 1 is 0.757 bits per heavy atom. The van der Waals surface area contributed by atoms with Crippen molar-refractivity contribution in [2.45, 2.75) is 20.5 Å². The van der Waals surface area contributed by atoms with Gasteiger partial charge in [0.2, 0.25) is 0 Å². The van der Waals surface area contributed by atoms with Gasteiger partial charge >= 0.3 is 0 Å². The van der Waals surface area contributed by atoms with Crippen LogP contribution in [0.1, 0.15) is 23.7 Å². The third-order valence-corrected chi connectivity index (χ3v) is 6.26. The van der Waals surface area contributed by atoms with E-state index in [1.54, 1.807) is 28.4 Å². The first-order valence-electron chi connectivity index (χ1n) is 11.9. The molecule has 1 aromatic heterocycles. The van der Waals surface area contributed by atoms with Crippen LogP contribution in [0.25, 0.3) is 16.9 Å². The van der Waals surface area contributed by atoms with Crippen LogP contribution in [0.2, 0.25) is 0 Å². The molecule has 37 heavy (non-hydrogen) atoms. The number of benzene rings is 3. The second-order valence-electron chi connectivity index (χ2n) is 8.39. The topological polar surface area (TPSA) is 63.4 Å². The summed E-state index contributed by atoms with van der Waals surface area (Å²) in [6.45, 7) is 4.32. The summed E-state index contributed by atoms with van der Waals surface area (Å²) in [6.07, 6.45) is 0. The van der Waals surface area contributed by atoms with Gasteiger partial charge in [-0.2, -0.15) is 0 Å². The zero-order valence-corrected chi connectivity index (χ0v) is 22.1. The fourth-order valence-electron chi connectivity index (χ4n) is 4.31. The Hall–Kier alpha value is -4.39. The van der Waals surface area contributed by atoms with Crippen molar-refractivity contribution in [3.8, 4) is 39.9 Å². The maximum Gasteiger partial charge on any atom is 0.162 e. The molecule has 0 aliphatic heterocycles. The molecule has 0 aliphatic carbocycles.